The predicted molar refractivity (Wildman–Crippen MR) is 91.7 cm³/mol. The van der Waals surface area contributed by atoms with Gasteiger partial charge in [-0.25, -0.2) is 0 Å². The van der Waals surface area contributed by atoms with Crippen molar-refractivity contribution in [3.63, 3.8) is 0 Å². The minimum absolute atomic E-state index is 0.101. The third-order valence-electron chi connectivity index (χ3n) is 3.51. The van der Waals surface area contributed by atoms with Crippen molar-refractivity contribution < 1.29 is 14.3 Å². The highest BCUT2D eigenvalue weighted by molar-refractivity contribution is 6.30. The summed E-state index contributed by atoms with van der Waals surface area (Å²) in [6, 6.07) is 6.78. The molecule has 128 valence electrons. The lowest BCUT2D eigenvalue weighted by molar-refractivity contribution is -0.145. The molecule has 0 aliphatic rings. The summed E-state index contributed by atoms with van der Waals surface area (Å²) in [7, 11) is 5.33. The Hall–Kier alpha value is -1.59. The van der Waals surface area contributed by atoms with E-state index in [1.54, 1.807) is 36.1 Å². The Bertz CT molecular complexity index is 517. The monoisotopic (exact) mass is 340 g/mol. The van der Waals surface area contributed by atoms with Crippen LogP contribution in [0, 0.1) is 5.92 Å². The Morgan fingerprint density at radius 2 is 1.78 bits per heavy atom. The maximum atomic E-state index is 12.7. The molecule has 0 N–H and O–H groups in total. The van der Waals surface area contributed by atoms with Crippen LogP contribution in [-0.2, 0) is 9.53 Å². The van der Waals surface area contributed by atoms with Crippen LogP contribution >= 0.6 is 11.6 Å². The fourth-order valence-electron chi connectivity index (χ4n) is 2.23. The molecule has 0 saturated heterocycles. The molecule has 0 aromatic heterocycles. The molecule has 0 heterocycles. The van der Waals surface area contributed by atoms with E-state index in [0.29, 0.717) is 23.7 Å². The molecule has 0 radical (unpaired) electrons. The van der Waals surface area contributed by atoms with Crippen molar-refractivity contribution >= 4 is 23.5 Å². The molecule has 1 rings (SSSR count). The number of benzene rings is 1. The van der Waals surface area contributed by atoms with Gasteiger partial charge in [-0.05, 0) is 51.3 Å². The maximum absolute atomic E-state index is 12.7. The van der Waals surface area contributed by atoms with Gasteiger partial charge in [0.2, 0.25) is 0 Å². The van der Waals surface area contributed by atoms with E-state index in [0.717, 1.165) is 13.0 Å². The predicted octanol–water partition coefficient (Wildman–Crippen LogP) is 2.54. The Kier molecular flexibility index (Phi) is 8.06. The van der Waals surface area contributed by atoms with Crippen molar-refractivity contribution in [2.24, 2.45) is 5.92 Å². The van der Waals surface area contributed by atoms with Crippen LogP contribution in [0.4, 0.5) is 0 Å². The molecule has 1 unspecified atom stereocenters. The first kappa shape index (κ1) is 19.5. The zero-order chi connectivity index (χ0) is 17.4. The highest BCUT2D eigenvalue weighted by atomic mass is 35.5. The van der Waals surface area contributed by atoms with Gasteiger partial charge in [0.05, 0.1) is 13.0 Å². The van der Waals surface area contributed by atoms with E-state index < -0.39 is 0 Å². The van der Waals surface area contributed by atoms with Crippen LogP contribution in [0.5, 0.6) is 0 Å². The second-order valence-electron chi connectivity index (χ2n) is 5.84. The number of amides is 1. The zero-order valence-electron chi connectivity index (χ0n) is 14.2. The molecule has 0 aliphatic heterocycles. The molecule has 0 bridgehead atoms. The molecule has 0 fully saturated rings. The molecule has 1 aromatic rings. The minimum Gasteiger partial charge on any atom is -0.469 e. The van der Waals surface area contributed by atoms with E-state index in [1.165, 1.54) is 7.11 Å². The number of ether oxygens (including phenoxy) is 1. The fraction of sp³-hybridized carbons (Fsp3) is 0.529. The van der Waals surface area contributed by atoms with E-state index in [1.807, 2.05) is 14.1 Å². The average Bonchev–Trinajstić information content (AvgIpc) is 2.52. The second kappa shape index (κ2) is 9.53. The summed E-state index contributed by atoms with van der Waals surface area (Å²) in [4.78, 5) is 28.1. The van der Waals surface area contributed by atoms with Crippen LogP contribution in [0.1, 0.15) is 23.7 Å². The summed E-state index contributed by atoms with van der Waals surface area (Å²) in [5.41, 5.74) is 0.566. The summed E-state index contributed by atoms with van der Waals surface area (Å²) in [6.07, 6.45) is 0.834. The third kappa shape index (κ3) is 6.59. The summed E-state index contributed by atoms with van der Waals surface area (Å²) in [5, 5.41) is 0.587. The average molecular weight is 341 g/mol. The normalized spacial score (nSPS) is 12.1. The highest BCUT2D eigenvalue weighted by Crippen LogP contribution is 2.13. The van der Waals surface area contributed by atoms with Crippen molar-refractivity contribution in [2.75, 3.05) is 40.8 Å². The number of hydrogen-bond donors (Lipinski definition) is 0. The number of esters is 1. The lowest BCUT2D eigenvalue weighted by Crippen LogP contribution is -2.38. The van der Waals surface area contributed by atoms with Gasteiger partial charge < -0.3 is 14.5 Å². The molecule has 5 nitrogen and oxygen atoms in total. The first-order valence-corrected chi connectivity index (χ1v) is 8.00. The van der Waals surface area contributed by atoms with Gasteiger partial charge in [-0.2, -0.15) is 0 Å². The number of hydrogen-bond acceptors (Lipinski definition) is 4. The topological polar surface area (TPSA) is 49.9 Å². The van der Waals surface area contributed by atoms with Crippen molar-refractivity contribution in [1.82, 2.24) is 9.80 Å². The Morgan fingerprint density at radius 3 is 2.30 bits per heavy atom. The van der Waals surface area contributed by atoms with Crippen molar-refractivity contribution in [3.05, 3.63) is 34.9 Å². The van der Waals surface area contributed by atoms with Crippen LogP contribution < -0.4 is 0 Å². The zero-order valence-corrected chi connectivity index (χ0v) is 15.0. The first-order valence-electron chi connectivity index (χ1n) is 7.62. The molecule has 1 amide bonds. The van der Waals surface area contributed by atoms with Crippen LogP contribution in [0.25, 0.3) is 0 Å². The largest absolute Gasteiger partial charge is 0.469 e. The molecule has 6 heteroatoms. The van der Waals surface area contributed by atoms with E-state index >= 15 is 0 Å². The Labute approximate surface area is 143 Å². The third-order valence-corrected chi connectivity index (χ3v) is 3.76. The number of methoxy groups -OCH3 is 1. The van der Waals surface area contributed by atoms with Gasteiger partial charge in [0.25, 0.3) is 5.91 Å². The SMILES string of the molecule is COC(=O)C(C)CN(CCCN(C)C)C(=O)c1ccc(Cl)cc1. The van der Waals surface area contributed by atoms with Crippen LogP contribution in [0.3, 0.4) is 0 Å². The number of halogens is 1. The fourth-order valence-corrected chi connectivity index (χ4v) is 2.36. The molecule has 1 atom stereocenters. The standard InChI is InChI=1S/C17H25ClN2O3/c1-13(17(22)23-4)12-20(11-5-10-19(2)3)16(21)14-6-8-15(18)9-7-14/h6-9,13H,5,10-12H2,1-4H3. The molecule has 0 aliphatic carbocycles. The lowest BCUT2D eigenvalue weighted by Gasteiger charge is -2.26. The number of carbonyl (C=O) groups is 2. The minimum atomic E-state index is -0.365. The van der Waals surface area contributed by atoms with Gasteiger partial charge in [0, 0.05) is 23.7 Å². The number of rotatable bonds is 8. The summed E-state index contributed by atoms with van der Waals surface area (Å²) in [5.74, 6) is -0.779. The van der Waals surface area contributed by atoms with Crippen molar-refractivity contribution in [1.29, 1.82) is 0 Å². The lowest BCUT2D eigenvalue weighted by atomic mass is 10.1. The Morgan fingerprint density at radius 1 is 1.17 bits per heavy atom. The highest BCUT2D eigenvalue weighted by Gasteiger charge is 2.22. The first-order chi connectivity index (χ1) is 10.8. The summed E-state index contributed by atoms with van der Waals surface area (Å²) >= 11 is 5.87. The molecule has 1 aromatic carbocycles. The molecule has 23 heavy (non-hydrogen) atoms. The Balaban J connectivity index is 2.81. The summed E-state index contributed by atoms with van der Waals surface area (Å²) in [6.45, 7) is 3.56. The summed E-state index contributed by atoms with van der Waals surface area (Å²) < 4.78 is 4.75. The van der Waals surface area contributed by atoms with E-state index in [-0.39, 0.29) is 17.8 Å². The molecular weight excluding hydrogens is 316 g/mol. The quantitative estimate of drug-likeness (QED) is 0.682. The van der Waals surface area contributed by atoms with Crippen LogP contribution in [-0.4, -0.2) is 62.5 Å². The van der Waals surface area contributed by atoms with Gasteiger partial charge in [0.15, 0.2) is 0 Å². The van der Waals surface area contributed by atoms with Gasteiger partial charge in [-0.15, -0.1) is 0 Å². The van der Waals surface area contributed by atoms with Crippen LogP contribution in [0.2, 0.25) is 5.02 Å². The smallest absolute Gasteiger partial charge is 0.310 e. The van der Waals surface area contributed by atoms with Gasteiger partial charge in [-0.1, -0.05) is 18.5 Å². The van der Waals surface area contributed by atoms with Gasteiger partial charge in [-0.3, -0.25) is 9.59 Å². The number of carbonyl (C=O) groups excluding carboxylic acids is 2. The number of nitrogens with zero attached hydrogens (tertiary/aromatic N) is 2. The second-order valence-corrected chi connectivity index (χ2v) is 6.28. The maximum Gasteiger partial charge on any atom is 0.310 e. The van der Waals surface area contributed by atoms with Gasteiger partial charge >= 0.3 is 5.97 Å². The van der Waals surface area contributed by atoms with Crippen LogP contribution in [0.15, 0.2) is 24.3 Å². The van der Waals surface area contributed by atoms with Crippen molar-refractivity contribution in [3.8, 4) is 0 Å². The van der Waals surface area contributed by atoms with Gasteiger partial charge in [0.1, 0.15) is 0 Å². The molecule has 0 saturated carbocycles. The molecular formula is C17H25ClN2O3. The van der Waals surface area contributed by atoms with Crippen molar-refractivity contribution in [2.45, 2.75) is 13.3 Å². The molecule has 0 spiro atoms. The van der Waals surface area contributed by atoms with E-state index in [4.69, 9.17) is 16.3 Å². The van der Waals surface area contributed by atoms with E-state index in [2.05, 4.69) is 4.90 Å². The van der Waals surface area contributed by atoms with E-state index in [9.17, 15) is 9.59 Å².